The van der Waals surface area contributed by atoms with Crippen molar-refractivity contribution in [1.82, 2.24) is 14.8 Å². The van der Waals surface area contributed by atoms with Gasteiger partial charge in [0, 0.05) is 31.1 Å². The van der Waals surface area contributed by atoms with Crippen molar-refractivity contribution in [3.8, 4) is 5.75 Å². The third kappa shape index (κ3) is 2.89. The van der Waals surface area contributed by atoms with E-state index < -0.39 is 6.10 Å². The molecule has 6 nitrogen and oxygen atoms in total. The summed E-state index contributed by atoms with van der Waals surface area (Å²) in [4.78, 5) is 35.0. The van der Waals surface area contributed by atoms with Crippen molar-refractivity contribution in [3.05, 3.63) is 70.9 Å². The van der Waals surface area contributed by atoms with E-state index in [0.29, 0.717) is 25.1 Å². The van der Waals surface area contributed by atoms with Gasteiger partial charge in [0.15, 0.2) is 6.10 Å². The van der Waals surface area contributed by atoms with Gasteiger partial charge in [-0.3, -0.25) is 14.6 Å². The molecule has 162 valence electrons. The highest BCUT2D eigenvalue weighted by Gasteiger charge is 2.49. The molecule has 0 saturated carbocycles. The Morgan fingerprint density at radius 3 is 2.66 bits per heavy atom. The van der Waals surface area contributed by atoms with Crippen LogP contribution in [0.1, 0.15) is 33.5 Å². The fourth-order valence-corrected chi connectivity index (χ4v) is 5.53. The van der Waals surface area contributed by atoms with Crippen LogP contribution in [-0.4, -0.2) is 57.9 Å². The summed E-state index contributed by atoms with van der Waals surface area (Å²) in [5, 5.41) is 1.01. The summed E-state index contributed by atoms with van der Waals surface area (Å²) < 4.78 is 5.97. The number of fused-ring (bicyclic) bond motifs is 4. The minimum absolute atomic E-state index is 0.00768. The molecule has 1 aromatic heterocycles. The van der Waals surface area contributed by atoms with Crippen molar-refractivity contribution >= 4 is 22.7 Å². The first kappa shape index (κ1) is 19.3. The largest absolute Gasteiger partial charge is 0.480 e. The zero-order chi connectivity index (χ0) is 22.0. The van der Waals surface area contributed by atoms with Crippen molar-refractivity contribution in [2.75, 3.05) is 13.1 Å². The summed E-state index contributed by atoms with van der Waals surface area (Å²) in [6, 6.07) is 13.9. The van der Waals surface area contributed by atoms with Crippen LogP contribution in [0.15, 0.2) is 48.7 Å². The van der Waals surface area contributed by atoms with E-state index in [0.717, 1.165) is 34.2 Å². The first-order chi connectivity index (χ1) is 15.5. The quantitative estimate of drug-likeness (QED) is 0.630. The Labute approximate surface area is 186 Å². The molecule has 0 radical (unpaired) electrons. The number of ether oxygens (including phenoxy) is 1. The molecule has 2 fully saturated rings. The lowest BCUT2D eigenvalue weighted by Gasteiger charge is -2.35. The summed E-state index contributed by atoms with van der Waals surface area (Å²) in [6.07, 6.45) is 2.72. The highest BCUT2D eigenvalue weighted by atomic mass is 16.5. The average Bonchev–Trinajstić information content (AvgIpc) is 3.52. The van der Waals surface area contributed by atoms with Crippen LogP contribution in [0.5, 0.6) is 5.75 Å². The van der Waals surface area contributed by atoms with Crippen molar-refractivity contribution in [2.24, 2.45) is 0 Å². The van der Waals surface area contributed by atoms with Crippen LogP contribution in [0.4, 0.5) is 0 Å². The molecule has 3 aromatic rings. The molecule has 2 aromatic carbocycles. The molecule has 32 heavy (non-hydrogen) atoms. The fraction of sp³-hybridized carbons (Fsp3) is 0.346. The van der Waals surface area contributed by atoms with E-state index in [1.165, 1.54) is 5.56 Å². The molecule has 2 saturated heterocycles. The molecule has 0 aliphatic carbocycles. The number of piperazine rings is 1. The Bertz CT molecular complexity index is 1270. The summed E-state index contributed by atoms with van der Waals surface area (Å²) in [6.45, 7) is 5.22. The fourth-order valence-electron chi connectivity index (χ4n) is 5.53. The van der Waals surface area contributed by atoms with Crippen LogP contribution in [0.2, 0.25) is 0 Å². The van der Waals surface area contributed by atoms with Crippen LogP contribution < -0.4 is 4.74 Å². The van der Waals surface area contributed by atoms with E-state index in [-0.39, 0.29) is 23.9 Å². The van der Waals surface area contributed by atoms with Crippen molar-refractivity contribution in [2.45, 2.75) is 44.9 Å². The first-order valence-electron chi connectivity index (χ1n) is 11.2. The zero-order valence-corrected chi connectivity index (χ0v) is 18.2. The predicted molar refractivity (Wildman–Crippen MR) is 121 cm³/mol. The van der Waals surface area contributed by atoms with Crippen LogP contribution >= 0.6 is 0 Å². The van der Waals surface area contributed by atoms with Crippen molar-refractivity contribution < 1.29 is 14.3 Å². The van der Waals surface area contributed by atoms with E-state index in [1.807, 2.05) is 60.0 Å². The molecule has 2 bridgehead atoms. The molecule has 4 heterocycles. The van der Waals surface area contributed by atoms with Gasteiger partial charge in [0.2, 0.25) is 0 Å². The number of carbonyl (C=O) groups excluding carboxylic acids is 2. The summed E-state index contributed by atoms with van der Waals surface area (Å²) in [7, 11) is 0. The maximum absolute atomic E-state index is 13.4. The van der Waals surface area contributed by atoms with Gasteiger partial charge in [-0.2, -0.15) is 0 Å². The SMILES string of the molecule is Cc1ccc2c(c1)CC(C(=O)N1C[C@@H]3C[C@H]1CN3C(=O)c1ccc(C)c3cccnc13)O2. The Morgan fingerprint density at radius 2 is 1.84 bits per heavy atom. The van der Waals surface area contributed by atoms with Gasteiger partial charge in [0.1, 0.15) is 5.75 Å². The monoisotopic (exact) mass is 427 g/mol. The highest BCUT2D eigenvalue weighted by Crippen LogP contribution is 2.36. The molecule has 2 amide bonds. The van der Waals surface area contributed by atoms with Crippen LogP contribution in [0.25, 0.3) is 10.9 Å². The molecule has 3 aliphatic rings. The number of nitrogens with zero attached hydrogens (tertiary/aromatic N) is 3. The number of aromatic nitrogens is 1. The Morgan fingerprint density at radius 1 is 1.03 bits per heavy atom. The van der Waals surface area contributed by atoms with Gasteiger partial charge in [0.25, 0.3) is 11.8 Å². The maximum atomic E-state index is 13.4. The second kappa shape index (κ2) is 7.05. The number of hydrogen-bond donors (Lipinski definition) is 0. The van der Waals surface area contributed by atoms with E-state index >= 15 is 0 Å². The minimum atomic E-state index is -0.458. The number of likely N-dealkylation sites (tertiary alicyclic amines) is 2. The molecule has 0 N–H and O–H groups in total. The normalized spacial score (nSPS) is 23.5. The second-order valence-corrected chi connectivity index (χ2v) is 9.24. The van der Waals surface area contributed by atoms with Gasteiger partial charge in [-0.05, 0) is 49.6 Å². The third-order valence-corrected chi connectivity index (χ3v) is 7.17. The summed E-state index contributed by atoms with van der Waals surface area (Å²) in [5.41, 5.74) is 4.77. The van der Waals surface area contributed by atoms with Crippen LogP contribution in [-0.2, 0) is 11.2 Å². The zero-order valence-electron chi connectivity index (χ0n) is 18.2. The third-order valence-electron chi connectivity index (χ3n) is 7.17. The molecule has 6 rings (SSSR count). The summed E-state index contributed by atoms with van der Waals surface area (Å²) in [5.74, 6) is 0.864. The van der Waals surface area contributed by atoms with Crippen LogP contribution in [0.3, 0.4) is 0 Å². The van der Waals surface area contributed by atoms with Gasteiger partial charge in [0.05, 0.1) is 23.2 Å². The standard InChI is InChI=1S/C26H25N3O3/c1-15-5-8-22-17(10-15)11-23(32-22)26(31)29-14-18-12-19(29)13-28(18)25(30)21-7-6-16(2)20-4-3-9-27-24(20)21/h3-10,18-19,23H,11-14H2,1-2H3/t18-,19-,23?/m0/s1. The lowest BCUT2D eigenvalue weighted by Crippen LogP contribution is -2.53. The second-order valence-electron chi connectivity index (χ2n) is 9.24. The topological polar surface area (TPSA) is 62.7 Å². The lowest BCUT2D eigenvalue weighted by atomic mass is 10.0. The predicted octanol–water partition coefficient (Wildman–Crippen LogP) is 3.28. The first-order valence-corrected chi connectivity index (χ1v) is 11.2. The highest BCUT2D eigenvalue weighted by molar-refractivity contribution is 6.06. The van der Waals surface area contributed by atoms with Gasteiger partial charge >= 0.3 is 0 Å². The maximum Gasteiger partial charge on any atom is 0.264 e. The number of aryl methyl sites for hydroxylation is 2. The van der Waals surface area contributed by atoms with Crippen LogP contribution in [0, 0.1) is 13.8 Å². The molecule has 1 unspecified atom stereocenters. The Balaban J connectivity index is 1.18. The van der Waals surface area contributed by atoms with Gasteiger partial charge in [-0.25, -0.2) is 0 Å². The molecule has 0 spiro atoms. The van der Waals surface area contributed by atoms with Crippen molar-refractivity contribution in [1.29, 1.82) is 0 Å². The molecular formula is C26H25N3O3. The van der Waals surface area contributed by atoms with E-state index in [2.05, 4.69) is 11.1 Å². The molecule has 6 heteroatoms. The Kier molecular flexibility index (Phi) is 4.25. The van der Waals surface area contributed by atoms with Crippen molar-refractivity contribution in [3.63, 3.8) is 0 Å². The van der Waals surface area contributed by atoms with Gasteiger partial charge < -0.3 is 14.5 Å². The molecule has 3 atom stereocenters. The van der Waals surface area contributed by atoms with Gasteiger partial charge in [-0.15, -0.1) is 0 Å². The molecular weight excluding hydrogens is 402 g/mol. The summed E-state index contributed by atoms with van der Waals surface area (Å²) >= 11 is 0. The molecule has 3 aliphatic heterocycles. The number of hydrogen-bond acceptors (Lipinski definition) is 4. The number of pyridine rings is 1. The number of rotatable bonds is 2. The lowest BCUT2D eigenvalue weighted by molar-refractivity contribution is -0.140. The van der Waals surface area contributed by atoms with E-state index in [9.17, 15) is 9.59 Å². The minimum Gasteiger partial charge on any atom is -0.480 e. The van der Waals surface area contributed by atoms with Gasteiger partial charge in [-0.1, -0.05) is 29.8 Å². The van der Waals surface area contributed by atoms with E-state index in [4.69, 9.17) is 4.74 Å². The smallest absolute Gasteiger partial charge is 0.264 e. The van der Waals surface area contributed by atoms with E-state index in [1.54, 1.807) is 6.20 Å². The Hall–Kier alpha value is -3.41. The average molecular weight is 428 g/mol. The number of carbonyl (C=O) groups is 2. The number of amides is 2. The number of benzene rings is 2.